The second-order valence-electron chi connectivity index (χ2n) is 15.2. The van der Waals surface area contributed by atoms with Crippen LogP contribution >= 0.6 is 0 Å². The Morgan fingerprint density at radius 3 is 1.41 bits per heavy atom. The highest BCUT2D eigenvalue weighted by Gasteiger charge is 2.40. The van der Waals surface area contributed by atoms with Crippen molar-refractivity contribution < 1.29 is 0 Å². The first-order valence-electron chi connectivity index (χ1n) is 19.0. The molecule has 11 rings (SSSR count). The lowest BCUT2D eigenvalue weighted by Gasteiger charge is -2.28. The standard InChI is InChI=1S/C53H37N/c1-53(2)45-32-38(54(36-22-11-5-12-23-36)37-24-13-6-14-25-37)30-31-41(45)50-42-28-17-29-43-49(42)44(33-46(50)53)52-48(35-20-9-4-10-21-35)40-27-16-15-26-39(40)47(51(43)52)34-18-7-3-8-19-34/h3-33H,1-2H3. The van der Waals surface area contributed by atoms with Gasteiger partial charge in [0.25, 0.3) is 0 Å². The molecule has 0 aliphatic heterocycles. The van der Waals surface area contributed by atoms with Gasteiger partial charge >= 0.3 is 0 Å². The molecule has 0 spiro atoms. The smallest absolute Gasteiger partial charge is 0.0465 e. The molecule has 0 unspecified atom stereocenters. The maximum atomic E-state index is 2.56. The van der Waals surface area contributed by atoms with Crippen LogP contribution < -0.4 is 4.90 Å². The normalized spacial score (nSPS) is 13.1. The van der Waals surface area contributed by atoms with Gasteiger partial charge in [0, 0.05) is 22.5 Å². The van der Waals surface area contributed by atoms with E-state index in [2.05, 4.69) is 207 Å². The van der Waals surface area contributed by atoms with E-state index < -0.39 is 0 Å². The first-order valence-corrected chi connectivity index (χ1v) is 19.0. The Morgan fingerprint density at radius 1 is 0.333 bits per heavy atom. The van der Waals surface area contributed by atoms with E-state index in [4.69, 9.17) is 0 Å². The third-order valence-corrected chi connectivity index (χ3v) is 11.9. The lowest BCUT2D eigenvalue weighted by molar-refractivity contribution is 0.661. The molecular weight excluding hydrogens is 651 g/mol. The van der Waals surface area contributed by atoms with Crippen LogP contribution in [0.25, 0.3) is 77.2 Å². The Bertz CT molecular complexity index is 2890. The molecule has 0 saturated heterocycles. The molecule has 0 fully saturated rings. The van der Waals surface area contributed by atoms with Crippen molar-refractivity contribution in [2.75, 3.05) is 4.90 Å². The fourth-order valence-corrected chi connectivity index (χ4v) is 9.61. The first kappa shape index (κ1) is 30.9. The largest absolute Gasteiger partial charge is 0.310 e. The summed E-state index contributed by atoms with van der Waals surface area (Å²) < 4.78 is 0. The molecule has 0 bridgehead atoms. The summed E-state index contributed by atoms with van der Waals surface area (Å²) in [5.74, 6) is 0. The van der Waals surface area contributed by atoms with Gasteiger partial charge in [-0.2, -0.15) is 0 Å². The Balaban J connectivity index is 1.21. The van der Waals surface area contributed by atoms with Crippen molar-refractivity contribution >= 4 is 38.6 Å². The van der Waals surface area contributed by atoms with E-state index in [9.17, 15) is 0 Å². The van der Waals surface area contributed by atoms with Gasteiger partial charge in [-0.05, 0) is 131 Å². The average molecular weight is 688 g/mol. The molecule has 1 heteroatoms. The number of para-hydroxylation sites is 2. The van der Waals surface area contributed by atoms with Crippen molar-refractivity contribution in [1.82, 2.24) is 0 Å². The molecule has 1 nitrogen and oxygen atoms in total. The topological polar surface area (TPSA) is 3.24 Å². The van der Waals surface area contributed by atoms with Gasteiger partial charge in [0.15, 0.2) is 0 Å². The molecular formula is C53H37N. The number of hydrogen-bond acceptors (Lipinski definition) is 1. The van der Waals surface area contributed by atoms with Crippen LogP contribution in [0.2, 0.25) is 0 Å². The molecule has 2 aliphatic carbocycles. The molecule has 0 N–H and O–H groups in total. The minimum Gasteiger partial charge on any atom is -0.310 e. The predicted molar refractivity (Wildman–Crippen MR) is 229 cm³/mol. The average Bonchev–Trinajstić information content (AvgIpc) is 3.67. The highest BCUT2D eigenvalue weighted by Crippen LogP contribution is 2.62. The highest BCUT2D eigenvalue weighted by atomic mass is 15.1. The second-order valence-corrected chi connectivity index (χ2v) is 15.2. The zero-order chi connectivity index (χ0) is 36.0. The molecule has 0 atom stereocenters. The summed E-state index contributed by atoms with van der Waals surface area (Å²) in [6, 6.07) is 69.2. The fraction of sp³-hybridized carbons (Fsp3) is 0.0566. The summed E-state index contributed by atoms with van der Waals surface area (Å²) in [4.78, 5) is 2.38. The van der Waals surface area contributed by atoms with Crippen LogP contribution in [0, 0.1) is 0 Å². The van der Waals surface area contributed by atoms with Gasteiger partial charge in [0.2, 0.25) is 0 Å². The van der Waals surface area contributed by atoms with Crippen molar-refractivity contribution in [1.29, 1.82) is 0 Å². The number of nitrogens with zero attached hydrogens (tertiary/aromatic N) is 1. The van der Waals surface area contributed by atoms with Crippen molar-refractivity contribution in [3.63, 3.8) is 0 Å². The predicted octanol–water partition coefficient (Wildman–Crippen LogP) is 14.8. The number of fused-ring (bicyclic) bond motifs is 8. The molecule has 0 aromatic heterocycles. The van der Waals surface area contributed by atoms with Crippen LogP contribution in [-0.4, -0.2) is 0 Å². The van der Waals surface area contributed by atoms with Crippen LogP contribution in [-0.2, 0) is 5.41 Å². The minimum absolute atomic E-state index is 0.227. The molecule has 0 heterocycles. The summed E-state index contributed by atoms with van der Waals surface area (Å²) in [5, 5.41) is 5.27. The number of rotatable bonds is 5. The zero-order valence-corrected chi connectivity index (χ0v) is 30.3. The van der Waals surface area contributed by atoms with Gasteiger partial charge in [-0.3, -0.25) is 0 Å². The van der Waals surface area contributed by atoms with E-state index in [0.717, 1.165) is 11.4 Å². The first-order chi connectivity index (χ1) is 26.6. The van der Waals surface area contributed by atoms with Crippen molar-refractivity contribution in [2.24, 2.45) is 0 Å². The van der Waals surface area contributed by atoms with Crippen LogP contribution in [0.4, 0.5) is 17.1 Å². The monoisotopic (exact) mass is 687 g/mol. The minimum atomic E-state index is -0.227. The van der Waals surface area contributed by atoms with Gasteiger partial charge in [0.1, 0.15) is 0 Å². The maximum Gasteiger partial charge on any atom is 0.0465 e. The van der Waals surface area contributed by atoms with Gasteiger partial charge in [-0.15, -0.1) is 0 Å². The summed E-state index contributed by atoms with van der Waals surface area (Å²) >= 11 is 0. The quantitative estimate of drug-likeness (QED) is 0.174. The Morgan fingerprint density at radius 2 is 0.833 bits per heavy atom. The fourth-order valence-electron chi connectivity index (χ4n) is 9.61. The van der Waals surface area contributed by atoms with Crippen molar-refractivity contribution in [2.45, 2.75) is 19.3 Å². The Labute approximate surface area is 316 Å². The lowest BCUT2D eigenvalue weighted by Crippen LogP contribution is -2.16. The lowest BCUT2D eigenvalue weighted by atomic mass is 9.79. The van der Waals surface area contributed by atoms with Crippen LogP contribution in [0.1, 0.15) is 25.0 Å². The van der Waals surface area contributed by atoms with Gasteiger partial charge < -0.3 is 4.90 Å². The number of benzene rings is 9. The van der Waals surface area contributed by atoms with E-state index in [-0.39, 0.29) is 5.41 Å². The van der Waals surface area contributed by atoms with E-state index in [1.165, 1.54) is 94.0 Å². The molecule has 254 valence electrons. The molecule has 0 amide bonds. The SMILES string of the molecule is CC1(C)c2cc(N(c3ccccc3)c3ccccc3)ccc2-c2c1cc1c3c(cccc23)-c2c-1c(-c1ccccc1)c1ccccc1c2-c1ccccc1. The van der Waals surface area contributed by atoms with Gasteiger partial charge in [-0.25, -0.2) is 0 Å². The van der Waals surface area contributed by atoms with E-state index in [0.29, 0.717) is 0 Å². The third-order valence-electron chi connectivity index (χ3n) is 11.9. The summed E-state index contributed by atoms with van der Waals surface area (Å²) in [6.45, 7) is 4.84. The van der Waals surface area contributed by atoms with E-state index in [1.54, 1.807) is 0 Å². The highest BCUT2D eigenvalue weighted by molar-refractivity contribution is 6.29. The van der Waals surface area contributed by atoms with Crippen LogP contribution in [0.3, 0.4) is 0 Å². The summed E-state index contributed by atoms with van der Waals surface area (Å²) in [5.41, 5.74) is 19.2. The van der Waals surface area contributed by atoms with Crippen molar-refractivity contribution in [3.05, 3.63) is 199 Å². The van der Waals surface area contributed by atoms with Crippen LogP contribution in [0.15, 0.2) is 188 Å². The van der Waals surface area contributed by atoms with Gasteiger partial charge in [0.05, 0.1) is 0 Å². The number of hydrogen-bond donors (Lipinski definition) is 0. The molecule has 2 aliphatic rings. The van der Waals surface area contributed by atoms with E-state index in [1.807, 2.05) is 0 Å². The summed E-state index contributed by atoms with van der Waals surface area (Å²) in [7, 11) is 0. The zero-order valence-electron chi connectivity index (χ0n) is 30.3. The maximum absolute atomic E-state index is 2.56. The Kier molecular flexibility index (Phi) is 6.66. The number of anilines is 3. The van der Waals surface area contributed by atoms with Gasteiger partial charge in [-0.1, -0.05) is 159 Å². The van der Waals surface area contributed by atoms with Crippen molar-refractivity contribution in [3.8, 4) is 55.6 Å². The molecule has 0 saturated carbocycles. The Hall–Kier alpha value is -6.70. The molecule has 9 aromatic rings. The van der Waals surface area contributed by atoms with E-state index >= 15 is 0 Å². The third kappa shape index (κ3) is 4.33. The van der Waals surface area contributed by atoms with Crippen LogP contribution in [0.5, 0.6) is 0 Å². The molecule has 54 heavy (non-hydrogen) atoms. The molecule has 9 aromatic carbocycles. The summed E-state index contributed by atoms with van der Waals surface area (Å²) in [6.07, 6.45) is 0. The second kappa shape index (κ2) is 11.7. The molecule has 0 radical (unpaired) electrons.